The predicted molar refractivity (Wildman–Crippen MR) is 62.0 cm³/mol. The molecule has 0 aromatic rings. The summed E-state index contributed by atoms with van der Waals surface area (Å²) in [5.41, 5.74) is 0. The Morgan fingerprint density at radius 3 is 2.19 bits per heavy atom. The molecule has 0 aromatic carbocycles. The maximum absolute atomic E-state index is 11.0. The second-order valence-electron chi connectivity index (χ2n) is 3.07. The zero-order chi connectivity index (χ0) is 12.4. The van der Waals surface area contributed by atoms with Gasteiger partial charge in [-0.05, 0) is 13.3 Å². The van der Waals surface area contributed by atoms with E-state index >= 15 is 0 Å². The lowest BCUT2D eigenvalue weighted by atomic mass is 10.5. The van der Waals surface area contributed by atoms with E-state index in [2.05, 4.69) is 0 Å². The van der Waals surface area contributed by atoms with Gasteiger partial charge in [0, 0.05) is 33.4 Å². The predicted octanol–water partition coefficient (Wildman–Crippen LogP) is 1.37. The van der Waals surface area contributed by atoms with Crippen molar-refractivity contribution in [1.82, 2.24) is 0 Å². The second kappa shape index (κ2) is 8.46. The van der Waals surface area contributed by atoms with Gasteiger partial charge in [0.2, 0.25) is 0 Å². The lowest BCUT2D eigenvalue weighted by molar-refractivity contribution is -0.137. The summed E-state index contributed by atoms with van der Waals surface area (Å²) >= 11 is 0. The Bertz CT molecular complexity index is 217. The van der Waals surface area contributed by atoms with Crippen LogP contribution in [0.2, 0.25) is 6.04 Å². The summed E-state index contributed by atoms with van der Waals surface area (Å²) in [4.78, 5) is 11.0. The van der Waals surface area contributed by atoms with Gasteiger partial charge in [-0.25, -0.2) is 4.79 Å². The van der Waals surface area contributed by atoms with Crippen LogP contribution < -0.4 is 0 Å². The van der Waals surface area contributed by atoms with Crippen molar-refractivity contribution in [2.24, 2.45) is 0 Å². The summed E-state index contributed by atoms with van der Waals surface area (Å²) in [6.07, 6.45) is 3.68. The van der Waals surface area contributed by atoms with Crippen LogP contribution in [0.15, 0.2) is 12.2 Å². The first-order chi connectivity index (χ1) is 7.64. The van der Waals surface area contributed by atoms with E-state index in [1.807, 2.05) is 0 Å². The molecule has 0 radical (unpaired) electrons. The standard InChI is InChI=1S/C10H20O5Si/c1-5-7-10(11)15-8-6-9-16(12-2,13-3)14-4/h5,7H,6,8-9H2,1-4H3. The molecule has 0 aliphatic carbocycles. The molecule has 0 spiro atoms. The second-order valence-corrected chi connectivity index (χ2v) is 6.16. The molecule has 0 bridgehead atoms. The van der Waals surface area contributed by atoms with Crippen LogP contribution in [0.1, 0.15) is 13.3 Å². The molecule has 0 fully saturated rings. The molecule has 0 saturated heterocycles. The van der Waals surface area contributed by atoms with E-state index < -0.39 is 8.80 Å². The van der Waals surface area contributed by atoms with Gasteiger partial charge in [-0.1, -0.05) is 6.08 Å². The molecule has 6 heteroatoms. The smallest absolute Gasteiger partial charge is 0.463 e. The molecule has 0 heterocycles. The highest BCUT2D eigenvalue weighted by molar-refractivity contribution is 6.60. The van der Waals surface area contributed by atoms with E-state index in [0.717, 1.165) is 0 Å². The Hall–Kier alpha value is -0.693. The van der Waals surface area contributed by atoms with Gasteiger partial charge in [0.05, 0.1) is 6.61 Å². The lowest BCUT2D eigenvalue weighted by Crippen LogP contribution is -2.42. The van der Waals surface area contributed by atoms with Crippen molar-refractivity contribution in [3.05, 3.63) is 12.2 Å². The largest absolute Gasteiger partial charge is 0.500 e. The van der Waals surface area contributed by atoms with E-state index in [-0.39, 0.29) is 5.97 Å². The third kappa shape index (κ3) is 5.41. The maximum atomic E-state index is 11.0. The molecule has 0 N–H and O–H groups in total. The molecule has 5 nitrogen and oxygen atoms in total. The van der Waals surface area contributed by atoms with E-state index in [1.165, 1.54) is 6.08 Å². The van der Waals surface area contributed by atoms with Gasteiger partial charge < -0.3 is 18.0 Å². The molecule has 0 rings (SSSR count). The van der Waals surface area contributed by atoms with Crippen molar-refractivity contribution < 1.29 is 22.8 Å². The van der Waals surface area contributed by atoms with Gasteiger partial charge in [0.15, 0.2) is 0 Å². The molecule has 0 amide bonds. The minimum atomic E-state index is -2.52. The summed E-state index contributed by atoms with van der Waals surface area (Å²) in [6, 6.07) is 0.625. The zero-order valence-corrected chi connectivity index (χ0v) is 11.3. The molecule has 0 aliphatic heterocycles. The van der Waals surface area contributed by atoms with Gasteiger partial charge in [-0.15, -0.1) is 0 Å². The summed E-state index contributed by atoms with van der Waals surface area (Å²) in [5, 5.41) is 0. The van der Waals surface area contributed by atoms with Crippen molar-refractivity contribution in [3.63, 3.8) is 0 Å². The van der Waals surface area contributed by atoms with Crippen molar-refractivity contribution in [2.75, 3.05) is 27.9 Å². The van der Waals surface area contributed by atoms with Crippen LogP contribution in [0.25, 0.3) is 0 Å². The number of carbonyl (C=O) groups is 1. The number of hydrogen-bond acceptors (Lipinski definition) is 5. The van der Waals surface area contributed by atoms with Crippen LogP contribution in [0, 0.1) is 0 Å². The SMILES string of the molecule is CC=CC(=O)OCCC[Si](OC)(OC)OC. The van der Waals surface area contributed by atoms with E-state index in [0.29, 0.717) is 19.1 Å². The highest BCUT2D eigenvalue weighted by Crippen LogP contribution is 2.14. The average Bonchev–Trinajstić information content (AvgIpc) is 2.31. The number of ether oxygens (including phenoxy) is 1. The number of carbonyl (C=O) groups excluding carboxylic acids is 1. The monoisotopic (exact) mass is 248 g/mol. The molecule has 0 unspecified atom stereocenters. The van der Waals surface area contributed by atoms with Crippen molar-refractivity contribution in [1.29, 1.82) is 0 Å². The summed E-state index contributed by atoms with van der Waals surface area (Å²) in [7, 11) is 2.16. The van der Waals surface area contributed by atoms with Crippen LogP contribution in [-0.4, -0.2) is 42.7 Å². The minimum Gasteiger partial charge on any atom is -0.463 e. The van der Waals surface area contributed by atoms with Crippen LogP contribution in [0.4, 0.5) is 0 Å². The van der Waals surface area contributed by atoms with Gasteiger partial charge >= 0.3 is 14.8 Å². The number of esters is 1. The lowest BCUT2D eigenvalue weighted by Gasteiger charge is -2.23. The molecular formula is C10H20O5Si. The number of allylic oxidation sites excluding steroid dienone is 1. The Morgan fingerprint density at radius 2 is 1.75 bits per heavy atom. The van der Waals surface area contributed by atoms with E-state index in [4.69, 9.17) is 18.0 Å². The van der Waals surface area contributed by atoms with Crippen LogP contribution in [0.3, 0.4) is 0 Å². The first-order valence-electron chi connectivity index (χ1n) is 5.09. The highest BCUT2D eigenvalue weighted by Gasteiger charge is 2.36. The number of rotatable bonds is 8. The molecule has 16 heavy (non-hydrogen) atoms. The van der Waals surface area contributed by atoms with E-state index in [9.17, 15) is 4.79 Å². The highest BCUT2D eigenvalue weighted by atomic mass is 28.4. The van der Waals surface area contributed by atoms with Gasteiger partial charge in [0.25, 0.3) is 0 Å². The molecule has 0 saturated carbocycles. The van der Waals surface area contributed by atoms with Gasteiger partial charge in [-0.3, -0.25) is 0 Å². The first-order valence-corrected chi connectivity index (χ1v) is 7.02. The van der Waals surface area contributed by atoms with Crippen molar-refractivity contribution in [3.8, 4) is 0 Å². The molecular weight excluding hydrogens is 228 g/mol. The van der Waals surface area contributed by atoms with Gasteiger partial charge in [0.1, 0.15) is 0 Å². The summed E-state index contributed by atoms with van der Waals surface area (Å²) in [6.45, 7) is 2.11. The summed E-state index contributed by atoms with van der Waals surface area (Å²) in [5.74, 6) is -0.331. The summed E-state index contributed by atoms with van der Waals surface area (Å²) < 4.78 is 20.6. The van der Waals surface area contributed by atoms with Crippen LogP contribution >= 0.6 is 0 Å². The molecule has 0 aromatic heterocycles. The number of hydrogen-bond donors (Lipinski definition) is 0. The fourth-order valence-electron chi connectivity index (χ4n) is 1.20. The molecule has 0 atom stereocenters. The quantitative estimate of drug-likeness (QED) is 0.281. The minimum absolute atomic E-state index is 0.331. The van der Waals surface area contributed by atoms with Gasteiger partial charge in [-0.2, -0.15) is 0 Å². The Balaban J connectivity index is 3.83. The topological polar surface area (TPSA) is 54.0 Å². The first kappa shape index (κ1) is 15.3. The fraction of sp³-hybridized carbons (Fsp3) is 0.700. The molecule has 94 valence electrons. The molecule has 0 aliphatic rings. The Labute approximate surface area is 97.7 Å². The third-order valence-electron chi connectivity index (χ3n) is 2.11. The normalized spacial score (nSPS) is 12.0. The van der Waals surface area contributed by atoms with E-state index in [1.54, 1.807) is 34.3 Å². The average molecular weight is 248 g/mol. The van der Waals surface area contributed by atoms with Crippen LogP contribution in [0.5, 0.6) is 0 Å². The maximum Gasteiger partial charge on any atom is 0.500 e. The van der Waals surface area contributed by atoms with Crippen LogP contribution in [-0.2, 0) is 22.8 Å². The fourth-order valence-corrected chi connectivity index (χ4v) is 2.89. The Kier molecular flexibility index (Phi) is 8.09. The third-order valence-corrected chi connectivity index (χ3v) is 4.94. The van der Waals surface area contributed by atoms with Crippen molar-refractivity contribution >= 4 is 14.8 Å². The Morgan fingerprint density at radius 1 is 1.19 bits per heavy atom. The van der Waals surface area contributed by atoms with Crippen molar-refractivity contribution in [2.45, 2.75) is 19.4 Å². The zero-order valence-electron chi connectivity index (χ0n) is 10.3.